The molecule has 0 aliphatic carbocycles. The molecule has 2 aromatic carbocycles. The Hall–Kier alpha value is -3.22. The molecule has 2 amide bonds. The van der Waals surface area contributed by atoms with E-state index < -0.39 is 0 Å². The molecule has 1 N–H and O–H groups in total. The van der Waals surface area contributed by atoms with Crippen molar-refractivity contribution in [2.24, 2.45) is 5.41 Å². The molecule has 0 atom stereocenters. The van der Waals surface area contributed by atoms with Crippen LogP contribution < -0.4 is 19.7 Å². The summed E-state index contributed by atoms with van der Waals surface area (Å²) in [4.78, 5) is 29.3. The lowest BCUT2D eigenvalue weighted by Gasteiger charge is -2.37. The molecule has 1 saturated heterocycles. The van der Waals surface area contributed by atoms with Crippen LogP contribution in [0.25, 0.3) is 0 Å². The summed E-state index contributed by atoms with van der Waals surface area (Å²) in [7, 11) is 3.10. The van der Waals surface area contributed by atoms with Gasteiger partial charge in [0.2, 0.25) is 5.91 Å². The standard InChI is InChI=1S/C25H33N3O4/c1-25(2,3)17-23(29)28-12-10-27(11-13-28)20-8-6-19(7-9-20)26-24(30)18-14-21(31-4)16-22(15-18)32-5/h6-9,14-16H,10-13,17H2,1-5H3,(H,26,30). The molecule has 0 bridgehead atoms. The summed E-state index contributed by atoms with van der Waals surface area (Å²) >= 11 is 0. The van der Waals surface area contributed by atoms with Crippen LogP contribution in [0.2, 0.25) is 0 Å². The number of carbonyl (C=O) groups excluding carboxylic acids is 2. The third kappa shape index (κ3) is 6.15. The highest BCUT2D eigenvalue weighted by molar-refractivity contribution is 6.04. The Bertz CT molecular complexity index is 920. The predicted molar refractivity (Wildman–Crippen MR) is 127 cm³/mol. The maximum Gasteiger partial charge on any atom is 0.255 e. The Balaban J connectivity index is 1.58. The average molecular weight is 440 g/mol. The number of benzene rings is 2. The van der Waals surface area contributed by atoms with Gasteiger partial charge in [0.15, 0.2) is 0 Å². The molecule has 3 rings (SSSR count). The van der Waals surface area contributed by atoms with Gasteiger partial charge >= 0.3 is 0 Å². The first-order chi connectivity index (χ1) is 15.2. The summed E-state index contributed by atoms with van der Waals surface area (Å²) in [5.74, 6) is 1.11. The zero-order valence-electron chi connectivity index (χ0n) is 19.6. The third-order valence-electron chi connectivity index (χ3n) is 5.42. The van der Waals surface area contributed by atoms with Gasteiger partial charge in [-0.25, -0.2) is 0 Å². The first kappa shape index (κ1) is 23.4. The van der Waals surface area contributed by atoms with Crippen LogP contribution in [-0.2, 0) is 4.79 Å². The van der Waals surface area contributed by atoms with Gasteiger partial charge in [-0.1, -0.05) is 20.8 Å². The molecule has 2 aromatic rings. The number of rotatable bonds is 6. The first-order valence-electron chi connectivity index (χ1n) is 10.9. The van der Waals surface area contributed by atoms with Gasteiger partial charge in [0.1, 0.15) is 11.5 Å². The van der Waals surface area contributed by atoms with Crippen molar-refractivity contribution in [1.82, 2.24) is 4.90 Å². The minimum atomic E-state index is -0.235. The van der Waals surface area contributed by atoms with Gasteiger partial charge < -0.3 is 24.6 Å². The topological polar surface area (TPSA) is 71.1 Å². The second kappa shape index (κ2) is 9.94. The van der Waals surface area contributed by atoms with Crippen LogP contribution >= 0.6 is 0 Å². The van der Waals surface area contributed by atoms with Gasteiger partial charge in [-0.15, -0.1) is 0 Å². The van der Waals surface area contributed by atoms with Crippen LogP contribution in [0.15, 0.2) is 42.5 Å². The number of ether oxygens (including phenoxy) is 2. The van der Waals surface area contributed by atoms with Gasteiger partial charge in [-0.2, -0.15) is 0 Å². The molecule has 1 fully saturated rings. The van der Waals surface area contributed by atoms with E-state index in [-0.39, 0.29) is 17.2 Å². The van der Waals surface area contributed by atoms with E-state index in [1.54, 1.807) is 32.4 Å². The van der Waals surface area contributed by atoms with Crippen LogP contribution in [0.5, 0.6) is 11.5 Å². The average Bonchev–Trinajstić information content (AvgIpc) is 2.78. The maximum atomic E-state index is 12.7. The summed E-state index contributed by atoms with van der Waals surface area (Å²) in [6.45, 7) is 9.32. The summed E-state index contributed by atoms with van der Waals surface area (Å²) in [6.07, 6.45) is 0.570. The third-order valence-corrected chi connectivity index (χ3v) is 5.42. The van der Waals surface area contributed by atoms with Gasteiger partial charge in [0.05, 0.1) is 14.2 Å². The van der Waals surface area contributed by atoms with Crippen LogP contribution in [-0.4, -0.2) is 57.1 Å². The molecule has 172 valence electrons. The number of piperazine rings is 1. The Morgan fingerprint density at radius 1 is 0.906 bits per heavy atom. The number of nitrogens with zero attached hydrogens (tertiary/aromatic N) is 2. The minimum absolute atomic E-state index is 0.00446. The van der Waals surface area contributed by atoms with E-state index in [0.29, 0.717) is 29.2 Å². The number of carbonyl (C=O) groups is 2. The number of amides is 2. The molecule has 32 heavy (non-hydrogen) atoms. The molecule has 7 heteroatoms. The lowest BCUT2D eigenvalue weighted by Crippen LogP contribution is -2.49. The summed E-state index contributed by atoms with van der Waals surface area (Å²) in [6, 6.07) is 12.8. The van der Waals surface area contributed by atoms with Crippen molar-refractivity contribution in [2.45, 2.75) is 27.2 Å². The quantitative estimate of drug-likeness (QED) is 0.736. The lowest BCUT2D eigenvalue weighted by molar-refractivity contribution is -0.133. The number of nitrogens with one attached hydrogen (secondary N) is 1. The number of anilines is 2. The fourth-order valence-electron chi connectivity index (χ4n) is 3.68. The molecule has 0 unspecified atom stereocenters. The van der Waals surface area contributed by atoms with Crippen molar-refractivity contribution in [3.05, 3.63) is 48.0 Å². The van der Waals surface area contributed by atoms with E-state index in [9.17, 15) is 9.59 Å². The highest BCUT2D eigenvalue weighted by Gasteiger charge is 2.25. The highest BCUT2D eigenvalue weighted by atomic mass is 16.5. The zero-order valence-corrected chi connectivity index (χ0v) is 19.6. The fourth-order valence-corrected chi connectivity index (χ4v) is 3.68. The predicted octanol–water partition coefficient (Wildman–Crippen LogP) is 4.04. The monoisotopic (exact) mass is 439 g/mol. The molecular formula is C25H33N3O4. The van der Waals surface area contributed by atoms with Crippen molar-refractivity contribution in [1.29, 1.82) is 0 Å². The van der Waals surface area contributed by atoms with Crippen molar-refractivity contribution in [2.75, 3.05) is 50.6 Å². The van der Waals surface area contributed by atoms with Gasteiger partial charge in [0.25, 0.3) is 5.91 Å². The Kier molecular flexibility index (Phi) is 7.28. The normalized spacial score (nSPS) is 14.2. The second-order valence-corrected chi connectivity index (χ2v) is 9.21. The van der Waals surface area contributed by atoms with E-state index in [1.807, 2.05) is 29.2 Å². The van der Waals surface area contributed by atoms with Crippen LogP contribution in [0.3, 0.4) is 0 Å². The number of hydrogen-bond acceptors (Lipinski definition) is 5. The Morgan fingerprint density at radius 2 is 1.47 bits per heavy atom. The molecular weight excluding hydrogens is 406 g/mol. The zero-order chi connectivity index (χ0) is 23.3. The smallest absolute Gasteiger partial charge is 0.255 e. The van der Waals surface area contributed by atoms with Gasteiger partial charge in [-0.3, -0.25) is 9.59 Å². The van der Waals surface area contributed by atoms with E-state index >= 15 is 0 Å². The van der Waals surface area contributed by atoms with Gasteiger partial charge in [0, 0.05) is 55.6 Å². The fraction of sp³-hybridized carbons (Fsp3) is 0.440. The number of methoxy groups -OCH3 is 2. The molecule has 1 aliphatic heterocycles. The molecule has 7 nitrogen and oxygen atoms in total. The second-order valence-electron chi connectivity index (χ2n) is 9.21. The lowest BCUT2D eigenvalue weighted by atomic mass is 9.91. The summed E-state index contributed by atoms with van der Waals surface area (Å²) < 4.78 is 10.5. The van der Waals surface area contributed by atoms with E-state index in [4.69, 9.17) is 9.47 Å². The summed E-state index contributed by atoms with van der Waals surface area (Å²) in [5.41, 5.74) is 2.25. The molecule has 0 radical (unpaired) electrons. The minimum Gasteiger partial charge on any atom is -0.497 e. The maximum absolute atomic E-state index is 12.7. The number of hydrogen-bond donors (Lipinski definition) is 1. The molecule has 0 saturated carbocycles. The molecule has 1 heterocycles. The first-order valence-corrected chi connectivity index (χ1v) is 10.9. The van der Waals surface area contributed by atoms with Crippen LogP contribution in [0, 0.1) is 5.41 Å². The van der Waals surface area contributed by atoms with Crippen molar-refractivity contribution >= 4 is 23.2 Å². The summed E-state index contributed by atoms with van der Waals surface area (Å²) in [5, 5.41) is 2.91. The van der Waals surface area contributed by atoms with Crippen molar-refractivity contribution in [3.8, 4) is 11.5 Å². The van der Waals surface area contributed by atoms with Crippen LogP contribution in [0.4, 0.5) is 11.4 Å². The van der Waals surface area contributed by atoms with E-state index in [0.717, 1.165) is 31.9 Å². The van der Waals surface area contributed by atoms with E-state index in [1.165, 1.54) is 0 Å². The molecule has 1 aliphatic rings. The Morgan fingerprint density at radius 3 is 1.97 bits per heavy atom. The largest absolute Gasteiger partial charge is 0.497 e. The van der Waals surface area contributed by atoms with Gasteiger partial charge in [-0.05, 0) is 41.8 Å². The van der Waals surface area contributed by atoms with E-state index in [2.05, 4.69) is 31.0 Å². The van der Waals surface area contributed by atoms with Crippen LogP contribution in [0.1, 0.15) is 37.6 Å². The molecule has 0 aromatic heterocycles. The van der Waals surface area contributed by atoms with Crippen molar-refractivity contribution in [3.63, 3.8) is 0 Å². The highest BCUT2D eigenvalue weighted by Crippen LogP contribution is 2.25. The SMILES string of the molecule is COc1cc(OC)cc(C(=O)Nc2ccc(N3CCN(C(=O)CC(C)(C)C)CC3)cc2)c1. The Labute approximate surface area is 190 Å². The molecule has 0 spiro atoms. The van der Waals surface area contributed by atoms with Crippen molar-refractivity contribution < 1.29 is 19.1 Å².